The zero-order chi connectivity index (χ0) is 14.5. The maximum Gasteiger partial charge on any atom is 0.306 e. The van der Waals surface area contributed by atoms with Gasteiger partial charge in [0, 0.05) is 6.54 Å². The minimum atomic E-state index is -3.56. The summed E-state index contributed by atoms with van der Waals surface area (Å²) in [7, 11) is -2.30. The molecule has 1 aromatic rings. The van der Waals surface area contributed by atoms with E-state index in [0.29, 0.717) is 5.92 Å². The van der Waals surface area contributed by atoms with Crippen molar-refractivity contribution >= 4 is 16.0 Å². The smallest absolute Gasteiger partial charge is 0.306 e. The number of nitrogens with one attached hydrogen (secondary N) is 1. The quantitative estimate of drug-likeness (QED) is 0.807. The normalized spacial score (nSPS) is 11.6. The summed E-state index contributed by atoms with van der Waals surface area (Å²) in [6, 6.07) is 6.71. The van der Waals surface area contributed by atoms with Gasteiger partial charge in [-0.1, -0.05) is 26.0 Å². The van der Waals surface area contributed by atoms with Crippen molar-refractivity contribution in [1.82, 2.24) is 4.72 Å². The van der Waals surface area contributed by atoms with Crippen molar-refractivity contribution in [2.45, 2.75) is 31.1 Å². The van der Waals surface area contributed by atoms with Crippen molar-refractivity contribution in [1.29, 1.82) is 0 Å². The third-order valence-electron chi connectivity index (χ3n) is 2.71. The van der Waals surface area contributed by atoms with E-state index in [1.807, 2.05) is 13.8 Å². The fraction of sp³-hybridized carbons (Fsp3) is 0.462. The Morgan fingerprint density at radius 2 is 1.84 bits per heavy atom. The monoisotopic (exact) mass is 285 g/mol. The second-order valence-electron chi connectivity index (χ2n) is 4.45. The van der Waals surface area contributed by atoms with Crippen LogP contribution in [0, 0.1) is 0 Å². The Labute approximate surface area is 114 Å². The molecule has 6 heteroatoms. The summed E-state index contributed by atoms with van der Waals surface area (Å²) in [6.07, 6.45) is 0.0137. The Balaban J connectivity index is 2.69. The molecule has 1 rings (SSSR count). The van der Waals surface area contributed by atoms with Gasteiger partial charge >= 0.3 is 5.97 Å². The van der Waals surface area contributed by atoms with Crippen LogP contribution in [0.4, 0.5) is 0 Å². The molecule has 0 aromatic heterocycles. The lowest BCUT2D eigenvalue weighted by atomic mass is 10.0. The summed E-state index contributed by atoms with van der Waals surface area (Å²) in [5, 5.41) is 0. The van der Waals surface area contributed by atoms with Gasteiger partial charge in [0.2, 0.25) is 10.0 Å². The molecule has 0 unspecified atom stereocenters. The average Bonchev–Trinajstić information content (AvgIpc) is 2.38. The predicted octanol–water partition coefficient (Wildman–Crippen LogP) is 1.65. The molecule has 106 valence electrons. The molecule has 0 fully saturated rings. The molecule has 0 atom stereocenters. The number of hydrogen-bond acceptors (Lipinski definition) is 4. The minimum Gasteiger partial charge on any atom is -0.469 e. The molecule has 0 aliphatic carbocycles. The van der Waals surface area contributed by atoms with E-state index in [9.17, 15) is 13.2 Å². The van der Waals surface area contributed by atoms with Gasteiger partial charge in [-0.15, -0.1) is 0 Å². The molecule has 5 nitrogen and oxygen atoms in total. The van der Waals surface area contributed by atoms with Gasteiger partial charge in [0.15, 0.2) is 0 Å². The van der Waals surface area contributed by atoms with E-state index in [1.165, 1.54) is 7.11 Å². The lowest BCUT2D eigenvalue weighted by Crippen LogP contribution is -2.26. The van der Waals surface area contributed by atoms with Gasteiger partial charge in [0.05, 0.1) is 18.4 Å². The zero-order valence-corrected chi connectivity index (χ0v) is 12.2. The first kappa shape index (κ1) is 15.7. The molecule has 0 saturated heterocycles. The Hall–Kier alpha value is -1.40. The molecule has 0 heterocycles. The molecule has 1 aromatic carbocycles. The van der Waals surface area contributed by atoms with Crippen LogP contribution in [-0.2, 0) is 19.6 Å². The lowest BCUT2D eigenvalue weighted by molar-refractivity contribution is -0.140. The third kappa shape index (κ3) is 4.65. The number of carbonyl (C=O) groups is 1. The van der Waals surface area contributed by atoms with Crippen LogP contribution in [0.2, 0.25) is 0 Å². The van der Waals surface area contributed by atoms with Crippen LogP contribution < -0.4 is 4.72 Å². The van der Waals surface area contributed by atoms with E-state index in [-0.39, 0.29) is 17.9 Å². The number of rotatable bonds is 6. The number of sulfonamides is 1. The highest BCUT2D eigenvalue weighted by molar-refractivity contribution is 7.89. The second-order valence-corrected chi connectivity index (χ2v) is 6.21. The maximum atomic E-state index is 11.9. The molecule has 19 heavy (non-hydrogen) atoms. The van der Waals surface area contributed by atoms with E-state index >= 15 is 0 Å². The summed E-state index contributed by atoms with van der Waals surface area (Å²) >= 11 is 0. The van der Waals surface area contributed by atoms with Crippen molar-refractivity contribution in [3.05, 3.63) is 29.8 Å². The third-order valence-corrected chi connectivity index (χ3v) is 4.18. The topological polar surface area (TPSA) is 72.5 Å². The number of esters is 1. The highest BCUT2D eigenvalue weighted by Gasteiger charge is 2.14. The Bertz CT molecular complexity index is 520. The molecular weight excluding hydrogens is 266 g/mol. The van der Waals surface area contributed by atoms with Gasteiger partial charge in [0.25, 0.3) is 0 Å². The molecule has 0 saturated carbocycles. The predicted molar refractivity (Wildman–Crippen MR) is 72.4 cm³/mol. The first-order valence-corrected chi connectivity index (χ1v) is 7.51. The van der Waals surface area contributed by atoms with Crippen LogP contribution in [-0.4, -0.2) is 28.0 Å². The fourth-order valence-corrected chi connectivity index (χ4v) is 2.54. The van der Waals surface area contributed by atoms with Crippen LogP contribution in [0.5, 0.6) is 0 Å². The van der Waals surface area contributed by atoms with E-state index in [2.05, 4.69) is 9.46 Å². The summed E-state index contributed by atoms with van der Waals surface area (Å²) in [5.41, 5.74) is 1.08. The van der Waals surface area contributed by atoms with Crippen molar-refractivity contribution in [3.63, 3.8) is 0 Å². The van der Waals surface area contributed by atoms with Crippen LogP contribution in [0.3, 0.4) is 0 Å². The van der Waals surface area contributed by atoms with E-state index in [1.54, 1.807) is 24.3 Å². The second kappa shape index (κ2) is 6.68. The molecule has 0 amide bonds. The molecule has 0 radical (unpaired) electrons. The standard InChI is InChI=1S/C13H19NO4S/c1-10(2)11-4-6-12(7-5-11)19(16,17)14-9-8-13(15)18-3/h4-7,10,14H,8-9H2,1-3H3. The van der Waals surface area contributed by atoms with Gasteiger partial charge in [-0.25, -0.2) is 13.1 Å². The van der Waals surface area contributed by atoms with E-state index in [0.717, 1.165) is 5.56 Å². The van der Waals surface area contributed by atoms with Crippen molar-refractivity contribution in [2.75, 3.05) is 13.7 Å². The highest BCUT2D eigenvalue weighted by Crippen LogP contribution is 2.17. The van der Waals surface area contributed by atoms with Crippen molar-refractivity contribution in [3.8, 4) is 0 Å². The number of benzene rings is 1. The first-order valence-electron chi connectivity index (χ1n) is 6.03. The molecule has 0 spiro atoms. The number of methoxy groups -OCH3 is 1. The van der Waals surface area contributed by atoms with Crippen LogP contribution >= 0.6 is 0 Å². The number of hydrogen-bond donors (Lipinski definition) is 1. The zero-order valence-electron chi connectivity index (χ0n) is 11.3. The van der Waals surface area contributed by atoms with E-state index in [4.69, 9.17) is 0 Å². The molecule has 0 aliphatic heterocycles. The van der Waals surface area contributed by atoms with Gasteiger partial charge in [-0.3, -0.25) is 4.79 Å². The Kier molecular flexibility index (Phi) is 5.50. The molecule has 0 bridgehead atoms. The molecule has 0 aliphatic rings. The molecule has 1 N–H and O–H groups in total. The Morgan fingerprint density at radius 3 is 2.32 bits per heavy atom. The van der Waals surface area contributed by atoms with Gasteiger partial charge in [-0.05, 0) is 23.6 Å². The number of carbonyl (C=O) groups excluding carboxylic acids is 1. The molecular formula is C13H19NO4S. The van der Waals surface area contributed by atoms with Crippen LogP contribution in [0.15, 0.2) is 29.2 Å². The lowest BCUT2D eigenvalue weighted by Gasteiger charge is -2.08. The summed E-state index contributed by atoms with van der Waals surface area (Å²) in [4.78, 5) is 11.1. The van der Waals surface area contributed by atoms with Crippen LogP contribution in [0.25, 0.3) is 0 Å². The first-order chi connectivity index (χ1) is 8.86. The van der Waals surface area contributed by atoms with Gasteiger partial charge < -0.3 is 4.74 Å². The summed E-state index contributed by atoms with van der Waals surface area (Å²) < 4.78 is 30.6. The summed E-state index contributed by atoms with van der Waals surface area (Å²) in [5.74, 6) is -0.0955. The highest BCUT2D eigenvalue weighted by atomic mass is 32.2. The average molecular weight is 285 g/mol. The SMILES string of the molecule is COC(=O)CCNS(=O)(=O)c1ccc(C(C)C)cc1. The van der Waals surface area contributed by atoms with Gasteiger partial charge in [-0.2, -0.15) is 0 Å². The van der Waals surface area contributed by atoms with E-state index < -0.39 is 16.0 Å². The van der Waals surface area contributed by atoms with Crippen LogP contribution in [0.1, 0.15) is 31.7 Å². The fourth-order valence-electron chi connectivity index (χ4n) is 1.50. The summed E-state index contributed by atoms with van der Waals surface area (Å²) in [6.45, 7) is 4.11. The van der Waals surface area contributed by atoms with Gasteiger partial charge in [0.1, 0.15) is 0 Å². The van der Waals surface area contributed by atoms with Crippen molar-refractivity contribution in [2.24, 2.45) is 0 Å². The minimum absolute atomic E-state index is 0.0137. The largest absolute Gasteiger partial charge is 0.469 e. The van der Waals surface area contributed by atoms with Crippen molar-refractivity contribution < 1.29 is 17.9 Å². The maximum absolute atomic E-state index is 11.9. The number of ether oxygens (including phenoxy) is 1. The Morgan fingerprint density at radius 1 is 1.26 bits per heavy atom.